The molecule has 0 fully saturated rings. The highest BCUT2D eigenvalue weighted by Gasteiger charge is 2.15. The number of thiophene rings is 1. The van der Waals surface area contributed by atoms with E-state index in [-0.39, 0.29) is 12.5 Å². The Labute approximate surface area is 140 Å². The molecule has 0 bridgehead atoms. The van der Waals surface area contributed by atoms with E-state index in [2.05, 4.69) is 12.2 Å². The lowest BCUT2D eigenvalue weighted by Gasteiger charge is -2.08. The maximum Gasteiger partial charge on any atom is 0.348 e. The van der Waals surface area contributed by atoms with Gasteiger partial charge in [-0.25, -0.2) is 4.79 Å². The number of rotatable bonds is 6. The number of esters is 1. The van der Waals surface area contributed by atoms with Crippen LogP contribution in [0, 0.1) is 13.8 Å². The van der Waals surface area contributed by atoms with Crippen LogP contribution in [0.3, 0.4) is 0 Å². The summed E-state index contributed by atoms with van der Waals surface area (Å²) in [5.74, 6) is -0.782. The molecule has 5 heteroatoms. The van der Waals surface area contributed by atoms with Crippen molar-refractivity contribution in [1.82, 2.24) is 0 Å². The van der Waals surface area contributed by atoms with Gasteiger partial charge in [0.25, 0.3) is 5.91 Å². The number of amides is 1. The summed E-state index contributed by atoms with van der Waals surface area (Å²) < 4.78 is 5.11. The molecule has 0 radical (unpaired) electrons. The van der Waals surface area contributed by atoms with Crippen LogP contribution in [0.15, 0.2) is 30.3 Å². The summed E-state index contributed by atoms with van der Waals surface area (Å²) in [4.78, 5) is 25.6. The topological polar surface area (TPSA) is 55.4 Å². The first-order valence-corrected chi connectivity index (χ1v) is 8.44. The van der Waals surface area contributed by atoms with Gasteiger partial charge in [0.15, 0.2) is 6.61 Å². The Bertz CT molecular complexity index is 706. The minimum absolute atomic E-state index is 0.284. The second-order valence-corrected chi connectivity index (χ2v) is 6.64. The van der Waals surface area contributed by atoms with Crippen LogP contribution < -0.4 is 5.32 Å². The maximum atomic E-state index is 12.0. The second kappa shape index (κ2) is 7.92. The smallest absolute Gasteiger partial charge is 0.348 e. The molecule has 1 amide bonds. The molecule has 122 valence electrons. The number of anilines is 1. The zero-order valence-corrected chi connectivity index (χ0v) is 14.5. The lowest BCUT2D eigenvalue weighted by molar-refractivity contribution is -0.119. The second-order valence-electron chi connectivity index (χ2n) is 5.38. The van der Waals surface area contributed by atoms with E-state index >= 15 is 0 Å². The summed E-state index contributed by atoms with van der Waals surface area (Å²) in [6, 6.07) is 9.33. The summed E-state index contributed by atoms with van der Waals surface area (Å²) in [5, 5.41) is 2.74. The van der Waals surface area contributed by atoms with Crippen molar-refractivity contribution < 1.29 is 14.3 Å². The first kappa shape index (κ1) is 17.2. The molecule has 0 spiro atoms. The minimum atomic E-state index is -0.444. The number of aryl methyl sites for hydroxylation is 3. The van der Waals surface area contributed by atoms with Crippen LogP contribution in [-0.2, 0) is 16.0 Å². The average molecular weight is 331 g/mol. The van der Waals surface area contributed by atoms with Crippen LogP contribution in [0.2, 0.25) is 0 Å². The Morgan fingerprint density at radius 1 is 1.22 bits per heavy atom. The molecule has 0 saturated carbocycles. The van der Waals surface area contributed by atoms with Gasteiger partial charge in [0, 0.05) is 10.6 Å². The summed E-state index contributed by atoms with van der Waals surface area (Å²) in [7, 11) is 0. The van der Waals surface area contributed by atoms with Gasteiger partial charge in [-0.3, -0.25) is 4.79 Å². The number of nitrogens with one attached hydrogen (secondary N) is 1. The van der Waals surface area contributed by atoms with Gasteiger partial charge in [0.05, 0.1) is 0 Å². The fourth-order valence-electron chi connectivity index (χ4n) is 2.24. The van der Waals surface area contributed by atoms with Gasteiger partial charge >= 0.3 is 5.97 Å². The van der Waals surface area contributed by atoms with E-state index in [1.807, 2.05) is 44.2 Å². The molecule has 2 rings (SSSR count). The Hall–Kier alpha value is -2.14. The van der Waals surface area contributed by atoms with Crippen molar-refractivity contribution in [2.75, 3.05) is 11.9 Å². The fourth-order valence-corrected chi connectivity index (χ4v) is 3.21. The SMILES string of the molecule is CCCc1cc(C(=O)OCC(=O)Nc2ccccc2C)sc1C. The number of hydrogen-bond acceptors (Lipinski definition) is 4. The van der Waals surface area contributed by atoms with E-state index in [1.165, 1.54) is 16.9 Å². The third-order valence-electron chi connectivity index (χ3n) is 3.49. The Kier molecular flexibility index (Phi) is 5.93. The predicted octanol–water partition coefficient (Wildman–Crippen LogP) is 4.11. The molecule has 0 unspecified atom stereocenters. The van der Waals surface area contributed by atoms with Gasteiger partial charge in [-0.2, -0.15) is 0 Å². The van der Waals surface area contributed by atoms with E-state index in [0.717, 1.165) is 29.0 Å². The van der Waals surface area contributed by atoms with E-state index in [4.69, 9.17) is 4.74 Å². The Morgan fingerprint density at radius 3 is 2.65 bits per heavy atom. The summed E-state index contributed by atoms with van der Waals surface area (Å²) in [5.41, 5.74) is 2.87. The van der Waals surface area contributed by atoms with E-state index in [9.17, 15) is 9.59 Å². The van der Waals surface area contributed by atoms with Crippen molar-refractivity contribution in [1.29, 1.82) is 0 Å². The van der Waals surface area contributed by atoms with Crippen molar-refractivity contribution in [2.24, 2.45) is 0 Å². The van der Waals surface area contributed by atoms with Crippen molar-refractivity contribution in [2.45, 2.75) is 33.6 Å². The highest BCUT2D eigenvalue weighted by atomic mass is 32.1. The number of carbonyl (C=O) groups is 2. The largest absolute Gasteiger partial charge is 0.451 e. The summed E-state index contributed by atoms with van der Waals surface area (Å²) >= 11 is 1.41. The molecule has 1 heterocycles. The highest BCUT2D eigenvalue weighted by molar-refractivity contribution is 7.14. The van der Waals surface area contributed by atoms with Crippen molar-refractivity contribution in [3.8, 4) is 0 Å². The molecule has 1 aromatic carbocycles. The number of hydrogen-bond donors (Lipinski definition) is 1. The third-order valence-corrected chi connectivity index (χ3v) is 4.57. The normalized spacial score (nSPS) is 10.4. The van der Waals surface area contributed by atoms with E-state index in [0.29, 0.717) is 4.88 Å². The molecule has 2 aromatic rings. The van der Waals surface area contributed by atoms with Gasteiger partial charge in [-0.15, -0.1) is 11.3 Å². The number of carbonyl (C=O) groups excluding carboxylic acids is 2. The molecule has 1 aromatic heterocycles. The van der Waals surface area contributed by atoms with Gasteiger partial charge in [-0.05, 0) is 43.5 Å². The standard InChI is InChI=1S/C18H21NO3S/c1-4-7-14-10-16(23-13(14)3)18(21)22-11-17(20)19-15-9-6-5-8-12(15)2/h5-6,8-10H,4,7,11H2,1-3H3,(H,19,20). The van der Waals surface area contributed by atoms with Gasteiger partial charge in [-0.1, -0.05) is 31.5 Å². The zero-order chi connectivity index (χ0) is 16.8. The lowest BCUT2D eigenvalue weighted by Crippen LogP contribution is -2.21. The molecule has 23 heavy (non-hydrogen) atoms. The Balaban J connectivity index is 1.90. The number of benzene rings is 1. The first-order valence-electron chi connectivity index (χ1n) is 7.63. The van der Waals surface area contributed by atoms with E-state index in [1.54, 1.807) is 0 Å². The molecule has 0 aliphatic rings. The molecule has 0 aliphatic heterocycles. The molecule has 1 N–H and O–H groups in total. The van der Waals surface area contributed by atoms with Crippen molar-refractivity contribution in [3.05, 3.63) is 51.2 Å². The van der Waals surface area contributed by atoms with Gasteiger partial charge in [0.2, 0.25) is 0 Å². The minimum Gasteiger partial charge on any atom is -0.451 e. The van der Waals surface area contributed by atoms with E-state index < -0.39 is 5.97 Å². The van der Waals surface area contributed by atoms with Gasteiger partial charge in [0.1, 0.15) is 4.88 Å². The monoisotopic (exact) mass is 331 g/mol. The molecule has 0 saturated heterocycles. The number of ether oxygens (including phenoxy) is 1. The number of para-hydroxylation sites is 1. The lowest BCUT2D eigenvalue weighted by atomic mass is 10.1. The Morgan fingerprint density at radius 2 is 1.96 bits per heavy atom. The van der Waals surface area contributed by atoms with Crippen LogP contribution in [0.5, 0.6) is 0 Å². The fraction of sp³-hybridized carbons (Fsp3) is 0.333. The first-order chi connectivity index (χ1) is 11.0. The van der Waals surface area contributed by atoms with Crippen LogP contribution in [-0.4, -0.2) is 18.5 Å². The molecule has 0 atom stereocenters. The molecular weight excluding hydrogens is 310 g/mol. The van der Waals surface area contributed by atoms with Crippen molar-refractivity contribution in [3.63, 3.8) is 0 Å². The average Bonchev–Trinajstić information content (AvgIpc) is 2.89. The van der Waals surface area contributed by atoms with Crippen LogP contribution in [0.1, 0.15) is 39.0 Å². The van der Waals surface area contributed by atoms with Crippen molar-refractivity contribution >= 4 is 28.9 Å². The quantitative estimate of drug-likeness (QED) is 0.810. The zero-order valence-electron chi connectivity index (χ0n) is 13.6. The summed E-state index contributed by atoms with van der Waals surface area (Å²) in [6.45, 7) is 5.72. The van der Waals surface area contributed by atoms with Crippen LogP contribution >= 0.6 is 11.3 Å². The van der Waals surface area contributed by atoms with Crippen LogP contribution in [0.4, 0.5) is 5.69 Å². The highest BCUT2D eigenvalue weighted by Crippen LogP contribution is 2.23. The van der Waals surface area contributed by atoms with Crippen LogP contribution in [0.25, 0.3) is 0 Å². The third kappa shape index (κ3) is 4.66. The summed E-state index contributed by atoms with van der Waals surface area (Å²) in [6.07, 6.45) is 1.98. The molecule has 4 nitrogen and oxygen atoms in total. The maximum absolute atomic E-state index is 12.0. The molecule has 0 aliphatic carbocycles. The molecular formula is C18H21NO3S. The predicted molar refractivity (Wildman–Crippen MR) is 93.1 cm³/mol. The van der Waals surface area contributed by atoms with Gasteiger partial charge < -0.3 is 10.1 Å².